The molecule has 1 aliphatic rings. The van der Waals surface area contributed by atoms with Crippen molar-refractivity contribution in [3.8, 4) is 5.75 Å². The lowest BCUT2D eigenvalue weighted by atomic mass is 10.1. The monoisotopic (exact) mass is 455 g/mol. The van der Waals surface area contributed by atoms with Crippen LogP contribution in [0.1, 0.15) is 23.1 Å². The van der Waals surface area contributed by atoms with E-state index in [-0.39, 0.29) is 30.6 Å². The Morgan fingerprint density at radius 3 is 2.41 bits per heavy atom. The summed E-state index contributed by atoms with van der Waals surface area (Å²) in [6, 6.07) is 10.4. The Balaban J connectivity index is 1.79. The van der Waals surface area contributed by atoms with E-state index in [0.717, 1.165) is 11.1 Å². The first-order valence-electron chi connectivity index (χ1n) is 9.28. The SMILES string of the molecule is Cc1cc(C)cc(OCC(=O)N(Cc2ccc(Cl)cc2Cl)C2CCS(=O)(=O)C2)c1. The van der Waals surface area contributed by atoms with E-state index in [9.17, 15) is 13.2 Å². The van der Waals surface area contributed by atoms with Gasteiger partial charge in [0.05, 0.1) is 11.5 Å². The Bertz CT molecular complexity index is 1000. The first-order valence-corrected chi connectivity index (χ1v) is 11.9. The number of aryl methyl sites for hydroxylation is 2. The van der Waals surface area contributed by atoms with E-state index >= 15 is 0 Å². The van der Waals surface area contributed by atoms with Crippen molar-refractivity contribution in [1.29, 1.82) is 0 Å². The predicted molar refractivity (Wildman–Crippen MR) is 115 cm³/mol. The molecule has 0 aromatic heterocycles. The molecule has 1 saturated heterocycles. The first-order chi connectivity index (χ1) is 13.6. The predicted octanol–water partition coefficient (Wildman–Crippen LogP) is 4.20. The number of amides is 1. The fraction of sp³-hybridized carbons (Fsp3) is 0.381. The summed E-state index contributed by atoms with van der Waals surface area (Å²) in [5.74, 6) is 0.359. The molecule has 1 heterocycles. The van der Waals surface area contributed by atoms with Crippen molar-refractivity contribution in [3.05, 3.63) is 63.1 Å². The Hall–Kier alpha value is -1.76. The van der Waals surface area contributed by atoms with E-state index in [1.807, 2.05) is 32.0 Å². The summed E-state index contributed by atoms with van der Waals surface area (Å²) in [6.45, 7) is 3.94. The van der Waals surface area contributed by atoms with E-state index in [0.29, 0.717) is 27.8 Å². The maximum atomic E-state index is 13.0. The average Bonchev–Trinajstić information content (AvgIpc) is 2.98. The van der Waals surface area contributed by atoms with E-state index in [1.54, 1.807) is 23.1 Å². The lowest BCUT2D eigenvalue weighted by Gasteiger charge is -2.29. The molecule has 156 valence electrons. The number of rotatable bonds is 6. The topological polar surface area (TPSA) is 63.7 Å². The van der Waals surface area contributed by atoms with Crippen LogP contribution in [0.15, 0.2) is 36.4 Å². The van der Waals surface area contributed by atoms with Gasteiger partial charge in [0.2, 0.25) is 0 Å². The first kappa shape index (κ1) is 21.9. The van der Waals surface area contributed by atoms with Gasteiger partial charge in [-0.3, -0.25) is 4.79 Å². The van der Waals surface area contributed by atoms with Crippen LogP contribution in [-0.2, 0) is 21.2 Å². The molecule has 0 saturated carbocycles. The van der Waals surface area contributed by atoms with Crippen LogP contribution >= 0.6 is 23.2 Å². The molecular formula is C21H23Cl2NO4S. The minimum Gasteiger partial charge on any atom is -0.484 e. The maximum absolute atomic E-state index is 13.0. The highest BCUT2D eigenvalue weighted by Gasteiger charge is 2.35. The average molecular weight is 456 g/mol. The molecule has 0 aliphatic carbocycles. The smallest absolute Gasteiger partial charge is 0.261 e. The highest BCUT2D eigenvalue weighted by atomic mass is 35.5. The number of halogens is 2. The Morgan fingerprint density at radius 2 is 1.83 bits per heavy atom. The fourth-order valence-corrected chi connectivity index (χ4v) is 5.72. The number of benzene rings is 2. The second-order valence-electron chi connectivity index (χ2n) is 7.43. The van der Waals surface area contributed by atoms with Crippen LogP contribution in [0.4, 0.5) is 0 Å². The quantitative estimate of drug-likeness (QED) is 0.654. The van der Waals surface area contributed by atoms with Gasteiger partial charge in [0.1, 0.15) is 5.75 Å². The third kappa shape index (κ3) is 5.87. The normalized spacial score (nSPS) is 17.9. The van der Waals surface area contributed by atoms with Crippen LogP contribution in [0, 0.1) is 13.8 Å². The highest BCUT2D eigenvalue weighted by Crippen LogP contribution is 2.26. The molecule has 0 radical (unpaired) electrons. The summed E-state index contributed by atoms with van der Waals surface area (Å²) < 4.78 is 29.7. The molecule has 2 aromatic rings. The number of carbonyl (C=O) groups is 1. The van der Waals surface area contributed by atoms with Crippen LogP contribution < -0.4 is 4.74 Å². The van der Waals surface area contributed by atoms with Gasteiger partial charge in [-0.25, -0.2) is 8.42 Å². The lowest BCUT2D eigenvalue weighted by Crippen LogP contribution is -2.43. The summed E-state index contributed by atoms with van der Waals surface area (Å²) in [7, 11) is -3.15. The van der Waals surface area contributed by atoms with Crippen molar-refractivity contribution in [2.24, 2.45) is 0 Å². The number of carbonyl (C=O) groups excluding carboxylic acids is 1. The molecule has 1 fully saturated rings. The van der Waals surface area contributed by atoms with E-state index in [4.69, 9.17) is 27.9 Å². The Morgan fingerprint density at radius 1 is 1.14 bits per heavy atom. The standard InChI is InChI=1S/C21H23Cl2NO4S/c1-14-7-15(2)9-19(8-14)28-12-21(25)24(18-5-6-29(26,27)13-18)11-16-3-4-17(22)10-20(16)23/h3-4,7-10,18H,5-6,11-13H2,1-2H3. The molecule has 2 aromatic carbocycles. The van der Waals surface area contributed by atoms with Gasteiger partial charge in [0, 0.05) is 22.6 Å². The lowest BCUT2D eigenvalue weighted by molar-refractivity contribution is -0.136. The molecule has 5 nitrogen and oxygen atoms in total. The second kappa shape index (κ2) is 8.94. The molecule has 8 heteroatoms. The molecule has 0 spiro atoms. The Labute approximate surface area is 181 Å². The second-order valence-corrected chi connectivity index (χ2v) is 10.5. The van der Waals surface area contributed by atoms with Crippen LogP contribution in [-0.4, -0.2) is 43.4 Å². The van der Waals surface area contributed by atoms with Crippen LogP contribution in [0.3, 0.4) is 0 Å². The van der Waals surface area contributed by atoms with Gasteiger partial charge in [-0.2, -0.15) is 0 Å². The van der Waals surface area contributed by atoms with Crippen molar-refractivity contribution in [3.63, 3.8) is 0 Å². The maximum Gasteiger partial charge on any atom is 0.261 e. The zero-order valence-corrected chi connectivity index (χ0v) is 18.6. The minimum absolute atomic E-state index is 0.0481. The van der Waals surface area contributed by atoms with Crippen LogP contribution in [0.5, 0.6) is 5.75 Å². The van der Waals surface area contributed by atoms with Gasteiger partial charge in [-0.05, 0) is 61.2 Å². The van der Waals surface area contributed by atoms with Crippen molar-refractivity contribution in [1.82, 2.24) is 4.90 Å². The summed E-state index contributed by atoms with van der Waals surface area (Å²) >= 11 is 12.2. The molecule has 1 atom stereocenters. The zero-order valence-electron chi connectivity index (χ0n) is 16.3. The van der Waals surface area contributed by atoms with Gasteiger partial charge in [-0.15, -0.1) is 0 Å². The number of nitrogens with zero attached hydrogens (tertiary/aromatic N) is 1. The van der Waals surface area contributed by atoms with Crippen LogP contribution in [0.25, 0.3) is 0 Å². The zero-order chi connectivity index (χ0) is 21.2. The molecular weight excluding hydrogens is 433 g/mol. The van der Waals surface area contributed by atoms with Crippen molar-refractivity contribution in [2.75, 3.05) is 18.1 Å². The molecule has 1 aliphatic heterocycles. The van der Waals surface area contributed by atoms with E-state index in [2.05, 4.69) is 0 Å². The van der Waals surface area contributed by atoms with Crippen molar-refractivity contribution >= 4 is 38.9 Å². The summed E-state index contributed by atoms with van der Waals surface area (Å²) in [4.78, 5) is 14.6. The third-order valence-corrected chi connectivity index (χ3v) is 7.22. The molecule has 29 heavy (non-hydrogen) atoms. The summed E-state index contributed by atoms with van der Waals surface area (Å²) in [6.07, 6.45) is 0.406. The van der Waals surface area contributed by atoms with Crippen LogP contribution in [0.2, 0.25) is 10.0 Å². The van der Waals surface area contributed by atoms with Gasteiger partial charge < -0.3 is 9.64 Å². The third-order valence-electron chi connectivity index (χ3n) is 4.88. The molecule has 0 bridgehead atoms. The van der Waals surface area contributed by atoms with Crippen molar-refractivity contribution in [2.45, 2.75) is 32.9 Å². The van der Waals surface area contributed by atoms with Gasteiger partial charge in [-0.1, -0.05) is 35.3 Å². The molecule has 1 amide bonds. The summed E-state index contributed by atoms with van der Waals surface area (Å²) in [5.41, 5.74) is 2.79. The van der Waals surface area contributed by atoms with E-state index in [1.165, 1.54) is 0 Å². The number of ether oxygens (including phenoxy) is 1. The number of hydrogen-bond donors (Lipinski definition) is 0. The molecule has 3 rings (SSSR count). The molecule has 1 unspecified atom stereocenters. The summed E-state index contributed by atoms with van der Waals surface area (Å²) in [5, 5.41) is 0.935. The molecule has 0 N–H and O–H groups in total. The minimum atomic E-state index is -3.15. The van der Waals surface area contributed by atoms with Gasteiger partial charge in [0.25, 0.3) is 5.91 Å². The van der Waals surface area contributed by atoms with E-state index < -0.39 is 15.9 Å². The number of hydrogen-bond acceptors (Lipinski definition) is 4. The van der Waals surface area contributed by atoms with Gasteiger partial charge in [0.15, 0.2) is 16.4 Å². The van der Waals surface area contributed by atoms with Gasteiger partial charge >= 0.3 is 0 Å². The fourth-order valence-electron chi connectivity index (χ4n) is 3.52. The largest absolute Gasteiger partial charge is 0.484 e. The highest BCUT2D eigenvalue weighted by molar-refractivity contribution is 7.91. The Kier molecular flexibility index (Phi) is 6.76. The number of sulfone groups is 1. The van der Waals surface area contributed by atoms with Crippen molar-refractivity contribution < 1.29 is 17.9 Å².